The highest BCUT2D eigenvalue weighted by Gasteiger charge is 2.10. The molecule has 6 nitrogen and oxygen atoms in total. The van der Waals surface area contributed by atoms with Crippen LogP contribution in [0.1, 0.15) is 15.9 Å². The first-order chi connectivity index (χ1) is 11.7. The van der Waals surface area contributed by atoms with Gasteiger partial charge in [-0.3, -0.25) is 5.10 Å². The fourth-order valence-corrected chi connectivity index (χ4v) is 2.95. The lowest BCUT2D eigenvalue weighted by Gasteiger charge is -2.05. The molecule has 7 heteroatoms. The summed E-state index contributed by atoms with van der Waals surface area (Å²) >= 11 is 1.42. The van der Waals surface area contributed by atoms with E-state index in [2.05, 4.69) is 15.2 Å². The van der Waals surface area contributed by atoms with Crippen molar-refractivity contribution in [1.29, 1.82) is 0 Å². The number of aromatic nitrogens is 3. The Labute approximate surface area is 142 Å². The van der Waals surface area contributed by atoms with Crippen LogP contribution in [0.4, 0.5) is 0 Å². The summed E-state index contributed by atoms with van der Waals surface area (Å²) in [4.78, 5) is 15.3. The lowest BCUT2D eigenvalue weighted by atomic mass is 10.1. The zero-order chi connectivity index (χ0) is 16.9. The summed E-state index contributed by atoms with van der Waals surface area (Å²) in [6, 6.07) is 14.2. The number of nitrogens with zero attached hydrogens (tertiary/aromatic N) is 2. The number of rotatable bonds is 6. The molecule has 0 fully saturated rings. The largest absolute Gasteiger partial charge is 0.545 e. The zero-order valence-electron chi connectivity index (χ0n) is 12.9. The molecule has 0 atom stereocenters. The third-order valence-corrected chi connectivity index (χ3v) is 4.28. The average Bonchev–Trinajstić information content (AvgIpc) is 3.09. The first kappa shape index (κ1) is 16.1. The Morgan fingerprint density at radius 1 is 1.25 bits per heavy atom. The third kappa shape index (κ3) is 3.57. The molecule has 122 valence electrons. The Morgan fingerprint density at radius 3 is 2.88 bits per heavy atom. The number of carboxylic acids is 1. The van der Waals surface area contributed by atoms with Gasteiger partial charge in [-0.1, -0.05) is 42.1 Å². The van der Waals surface area contributed by atoms with E-state index in [9.17, 15) is 9.90 Å². The van der Waals surface area contributed by atoms with Gasteiger partial charge in [0.25, 0.3) is 0 Å². The molecule has 0 aliphatic heterocycles. The number of H-pyrrole nitrogens is 1. The van der Waals surface area contributed by atoms with Crippen LogP contribution < -0.4 is 9.84 Å². The predicted molar refractivity (Wildman–Crippen MR) is 88.7 cm³/mol. The van der Waals surface area contributed by atoms with E-state index in [1.807, 2.05) is 30.3 Å². The van der Waals surface area contributed by atoms with E-state index >= 15 is 0 Å². The molecule has 0 aliphatic rings. The SMILES string of the molecule is COc1ccccc1-c1nc(SCc2cccc(C(=O)[O-])c2)n[nH]1. The van der Waals surface area contributed by atoms with Crippen molar-refractivity contribution in [2.75, 3.05) is 7.11 Å². The van der Waals surface area contributed by atoms with Crippen molar-refractivity contribution in [3.8, 4) is 17.1 Å². The van der Waals surface area contributed by atoms with Gasteiger partial charge < -0.3 is 14.6 Å². The first-order valence-electron chi connectivity index (χ1n) is 7.16. The minimum absolute atomic E-state index is 0.165. The van der Waals surface area contributed by atoms with Gasteiger partial charge in [0.2, 0.25) is 5.16 Å². The number of thioether (sulfide) groups is 1. The highest BCUT2D eigenvalue weighted by atomic mass is 32.2. The minimum Gasteiger partial charge on any atom is -0.545 e. The topological polar surface area (TPSA) is 90.9 Å². The van der Waals surface area contributed by atoms with Crippen LogP contribution in [0.15, 0.2) is 53.7 Å². The Hall–Kier alpha value is -2.80. The molecule has 0 bridgehead atoms. The number of aromatic amines is 1. The molecule has 0 saturated heterocycles. The summed E-state index contributed by atoms with van der Waals surface area (Å²) in [6.07, 6.45) is 0. The molecule has 0 amide bonds. The van der Waals surface area contributed by atoms with Crippen molar-refractivity contribution in [2.45, 2.75) is 10.9 Å². The van der Waals surface area contributed by atoms with E-state index in [1.54, 1.807) is 19.2 Å². The van der Waals surface area contributed by atoms with Gasteiger partial charge in [0.15, 0.2) is 5.82 Å². The minimum atomic E-state index is -1.18. The average molecular weight is 340 g/mol. The second kappa shape index (κ2) is 7.18. The quantitative estimate of drug-likeness (QED) is 0.691. The van der Waals surface area contributed by atoms with Gasteiger partial charge in [-0.15, -0.1) is 5.10 Å². The van der Waals surface area contributed by atoms with Crippen molar-refractivity contribution in [2.24, 2.45) is 0 Å². The Bertz CT molecular complexity index is 864. The maximum absolute atomic E-state index is 10.9. The second-order valence-corrected chi connectivity index (χ2v) is 5.89. The summed E-state index contributed by atoms with van der Waals surface area (Å²) in [5.74, 6) is 0.716. The van der Waals surface area contributed by atoms with Gasteiger partial charge in [0.1, 0.15) is 5.75 Å². The van der Waals surface area contributed by atoms with Crippen molar-refractivity contribution in [1.82, 2.24) is 15.2 Å². The van der Waals surface area contributed by atoms with Gasteiger partial charge in [0.05, 0.1) is 18.6 Å². The van der Waals surface area contributed by atoms with Crippen molar-refractivity contribution < 1.29 is 14.6 Å². The van der Waals surface area contributed by atoms with Crippen LogP contribution in [0.2, 0.25) is 0 Å². The maximum atomic E-state index is 10.9. The molecule has 1 aromatic heterocycles. The molecular weight excluding hydrogens is 326 g/mol. The molecule has 0 spiro atoms. The van der Waals surface area contributed by atoms with E-state index in [4.69, 9.17) is 4.74 Å². The number of carboxylic acid groups (broad SMARTS) is 1. The van der Waals surface area contributed by atoms with Crippen LogP contribution in [-0.2, 0) is 5.75 Å². The first-order valence-corrected chi connectivity index (χ1v) is 8.15. The molecule has 2 aromatic carbocycles. The number of para-hydroxylation sites is 1. The normalized spacial score (nSPS) is 10.5. The van der Waals surface area contributed by atoms with Crippen LogP contribution >= 0.6 is 11.8 Å². The molecule has 1 heterocycles. The molecule has 3 rings (SSSR count). The van der Waals surface area contributed by atoms with Gasteiger partial charge in [0, 0.05) is 5.75 Å². The van der Waals surface area contributed by atoms with Crippen molar-refractivity contribution in [3.05, 3.63) is 59.7 Å². The molecule has 24 heavy (non-hydrogen) atoms. The lowest BCUT2D eigenvalue weighted by molar-refractivity contribution is -0.255. The van der Waals surface area contributed by atoms with E-state index in [-0.39, 0.29) is 5.56 Å². The van der Waals surface area contributed by atoms with Gasteiger partial charge in [-0.05, 0) is 29.3 Å². The van der Waals surface area contributed by atoms with E-state index in [0.29, 0.717) is 22.5 Å². The molecule has 0 radical (unpaired) electrons. The van der Waals surface area contributed by atoms with E-state index < -0.39 is 5.97 Å². The molecule has 0 aliphatic carbocycles. The number of nitrogens with one attached hydrogen (secondary N) is 1. The van der Waals surface area contributed by atoms with Gasteiger partial charge in [-0.2, -0.15) is 0 Å². The fourth-order valence-electron chi connectivity index (χ4n) is 2.21. The summed E-state index contributed by atoms with van der Waals surface area (Å²) in [5.41, 5.74) is 1.86. The summed E-state index contributed by atoms with van der Waals surface area (Å²) in [6.45, 7) is 0. The number of hydrogen-bond acceptors (Lipinski definition) is 6. The number of hydrogen-bond donors (Lipinski definition) is 1. The van der Waals surface area contributed by atoms with Crippen molar-refractivity contribution in [3.63, 3.8) is 0 Å². The Morgan fingerprint density at radius 2 is 2.08 bits per heavy atom. The van der Waals surface area contributed by atoms with Crippen molar-refractivity contribution >= 4 is 17.7 Å². The fraction of sp³-hybridized carbons (Fsp3) is 0.118. The Kier molecular flexibility index (Phi) is 4.81. The summed E-state index contributed by atoms with van der Waals surface area (Å²) in [5, 5.41) is 18.5. The maximum Gasteiger partial charge on any atom is 0.209 e. The number of benzene rings is 2. The number of carbonyl (C=O) groups excluding carboxylic acids is 1. The highest BCUT2D eigenvalue weighted by Crippen LogP contribution is 2.28. The van der Waals surface area contributed by atoms with Crippen LogP contribution in [0.3, 0.4) is 0 Å². The number of methoxy groups -OCH3 is 1. The molecule has 3 aromatic rings. The number of carbonyl (C=O) groups is 1. The monoisotopic (exact) mass is 340 g/mol. The van der Waals surface area contributed by atoms with Crippen LogP contribution in [0, 0.1) is 0 Å². The standard InChI is InChI=1S/C17H15N3O3S/c1-23-14-8-3-2-7-13(14)15-18-17(20-19-15)24-10-11-5-4-6-12(9-11)16(21)22/h2-9H,10H2,1H3,(H,21,22)(H,18,19,20)/p-1. The second-order valence-electron chi connectivity index (χ2n) is 4.94. The predicted octanol–water partition coefficient (Wildman–Crippen LogP) is 2.14. The van der Waals surface area contributed by atoms with E-state index in [0.717, 1.165) is 11.1 Å². The van der Waals surface area contributed by atoms with Crippen LogP contribution in [-0.4, -0.2) is 28.3 Å². The number of ether oxygens (including phenoxy) is 1. The van der Waals surface area contributed by atoms with Gasteiger partial charge >= 0.3 is 0 Å². The highest BCUT2D eigenvalue weighted by molar-refractivity contribution is 7.98. The summed E-state index contributed by atoms with van der Waals surface area (Å²) in [7, 11) is 1.61. The van der Waals surface area contributed by atoms with Crippen LogP contribution in [0.25, 0.3) is 11.4 Å². The van der Waals surface area contributed by atoms with Gasteiger partial charge in [-0.25, -0.2) is 4.98 Å². The Balaban J connectivity index is 1.73. The zero-order valence-corrected chi connectivity index (χ0v) is 13.7. The molecular formula is C17H14N3O3S-. The molecule has 0 unspecified atom stereocenters. The smallest absolute Gasteiger partial charge is 0.209 e. The molecule has 0 saturated carbocycles. The molecule has 1 N–H and O–H groups in total. The van der Waals surface area contributed by atoms with Crippen LogP contribution in [0.5, 0.6) is 5.75 Å². The van der Waals surface area contributed by atoms with E-state index in [1.165, 1.54) is 17.8 Å². The third-order valence-electron chi connectivity index (χ3n) is 3.36. The summed E-state index contributed by atoms with van der Waals surface area (Å²) < 4.78 is 5.32. The number of aromatic carboxylic acids is 1. The lowest BCUT2D eigenvalue weighted by Crippen LogP contribution is -2.22.